The molecule has 1 aromatic carbocycles. The number of fused-ring (bicyclic) bond motifs is 1. The number of hydrogen-bond acceptors (Lipinski definition) is 5. The fourth-order valence-corrected chi connectivity index (χ4v) is 2.86. The van der Waals surface area contributed by atoms with Crippen LogP contribution >= 0.6 is 24.0 Å². The van der Waals surface area contributed by atoms with Crippen molar-refractivity contribution in [2.75, 3.05) is 13.3 Å². The third-order valence-electron chi connectivity index (χ3n) is 4.24. The van der Waals surface area contributed by atoms with Crippen LogP contribution in [-0.2, 0) is 25.9 Å². The van der Waals surface area contributed by atoms with Crippen LogP contribution < -0.4 is 20.1 Å². The lowest BCUT2D eigenvalue weighted by atomic mass is 10.1. The molecule has 0 unspecified atom stereocenters. The number of aryl methyl sites for hydroxylation is 2. The summed E-state index contributed by atoms with van der Waals surface area (Å²) in [6, 6.07) is 5.90. The molecule has 0 spiro atoms. The van der Waals surface area contributed by atoms with Crippen molar-refractivity contribution in [3.05, 3.63) is 40.8 Å². The average molecular weight is 486 g/mol. The van der Waals surface area contributed by atoms with Gasteiger partial charge in [0.25, 0.3) is 0 Å². The lowest BCUT2D eigenvalue weighted by Gasteiger charge is -2.12. The highest BCUT2D eigenvalue weighted by molar-refractivity contribution is 14.0. The van der Waals surface area contributed by atoms with Crippen molar-refractivity contribution in [1.29, 1.82) is 0 Å². The van der Waals surface area contributed by atoms with E-state index in [1.165, 1.54) is 0 Å². The largest absolute Gasteiger partial charge is 0.454 e. The fraction of sp³-hybridized carbons (Fsp3) is 0.474. The molecule has 1 aromatic heterocycles. The van der Waals surface area contributed by atoms with Gasteiger partial charge in [0.1, 0.15) is 5.76 Å². The molecule has 148 valence electrons. The fourth-order valence-electron chi connectivity index (χ4n) is 2.86. The van der Waals surface area contributed by atoms with Gasteiger partial charge in [-0.1, -0.05) is 25.1 Å². The number of benzene rings is 1. The molecule has 0 saturated heterocycles. The summed E-state index contributed by atoms with van der Waals surface area (Å²) in [5.74, 6) is 3.26. The topological polar surface area (TPSA) is 80.9 Å². The van der Waals surface area contributed by atoms with Crippen LogP contribution in [0.4, 0.5) is 0 Å². The summed E-state index contributed by atoms with van der Waals surface area (Å²) in [7, 11) is 0. The highest BCUT2D eigenvalue weighted by atomic mass is 127. The van der Waals surface area contributed by atoms with Crippen LogP contribution in [0.5, 0.6) is 11.5 Å². The number of aliphatic imine (C=N–C) groups is 1. The molecule has 27 heavy (non-hydrogen) atoms. The normalized spacial score (nSPS) is 12.6. The molecular weight excluding hydrogens is 459 g/mol. The summed E-state index contributed by atoms with van der Waals surface area (Å²) in [5, 5.41) is 10.8. The Balaban J connectivity index is 0.00000261. The van der Waals surface area contributed by atoms with Crippen molar-refractivity contribution in [1.82, 2.24) is 15.8 Å². The molecule has 0 bridgehead atoms. The van der Waals surface area contributed by atoms with E-state index in [2.05, 4.69) is 34.6 Å². The molecule has 0 fully saturated rings. The molecule has 0 atom stereocenters. The van der Waals surface area contributed by atoms with Crippen molar-refractivity contribution in [3.63, 3.8) is 0 Å². The third kappa shape index (κ3) is 5.27. The smallest absolute Gasteiger partial charge is 0.231 e. The number of halogens is 1. The maximum absolute atomic E-state index is 5.42. The van der Waals surface area contributed by atoms with Crippen LogP contribution in [0.25, 0.3) is 0 Å². The van der Waals surface area contributed by atoms with Gasteiger partial charge in [0.15, 0.2) is 17.5 Å². The van der Waals surface area contributed by atoms with E-state index in [0.717, 1.165) is 59.4 Å². The average Bonchev–Trinajstić information content (AvgIpc) is 3.29. The Morgan fingerprint density at radius 3 is 2.67 bits per heavy atom. The van der Waals surface area contributed by atoms with Gasteiger partial charge >= 0.3 is 0 Å². The Labute approximate surface area is 176 Å². The van der Waals surface area contributed by atoms with Gasteiger partial charge in [-0.15, -0.1) is 24.0 Å². The van der Waals surface area contributed by atoms with Crippen LogP contribution in [0.15, 0.2) is 27.7 Å². The molecule has 8 heteroatoms. The minimum Gasteiger partial charge on any atom is -0.454 e. The van der Waals surface area contributed by atoms with Crippen molar-refractivity contribution in [2.24, 2.45) is 4.99 Å². The second-order valence-corrected chi connectivity index (χ2v) is 5.97. The lowest BCUT2D eigenvalue weighted by molar-refractivity contribution is 0.174. The number of nitrogens with zero attached hydrogens (tertiary/aromatic N) is 2. The zero-order valence-electron chi connectivity index (χ0n) is 16.0. The van der Waals surface area contributed by atoms with E-state index < -0.39 is 0 Å². The number of ether oxygens (including phenoxy) is 2. The first kappa shape index (κ1) is 21.3. The van der Waals surface area contributed by atoms with E-state index in [-0.39, 0.29) is 30.8 Å². The van der Waals surface area contributed by atoms with E-state index in [1.807, 2.05) is 25.1 Å². The summed E-state index contributed by atoms with van der Waals surface area (Å²) in [6.45, 7) is 8.47. The maximum atomic E-state index is 5.42. The van der Waals surface area contributed by atoms with Gasteiger partial charge in [0.05, 0.1) is 12.2 Å². The third-order valence-corrected chi connectivity index (χ3v) is 4.24. The van der Waals surface area contributed by atoms with E-state index >= 15 is 0 Å². The number of rotatable bonds is 7. The number of guanidine groups is 1. The predicted octanol–water partition coefficient (Wildman–Crippen LogP) is 3.40. The van der Waals surface area contributed by atoms with E-state index in [1.54, 1.807) is 0 Å². The molecule has 7 nitrogen and oxygen atoms in total. The van der Waals surface area contributed by atoms with Crippen molar-refractivity contribution < 1.29 is 14.0 Å². The number of hydrogen-bond donors (Lipinski definition) is 2. The summed E-state index contributed by atoms with van der Waals surface area (Å²) in [5.41, 5.74) is 3.20. The SMILES string of the molecule is CCNC(=NCc1ccc2c(c1)OCO2)NCc1c(CC)noc1CC.I. The van der Waals surface area contributed by atoms with Crippen molar-refractivity contribution in [3.8, 4) is 11.5 Å². The predicted molar refractivity (Wildman–Crippen MR) is 115 cm³/mol. The highest BCUT2D eigenvalue weighted by Crippen LogP contribution is 2.32. The molecule has 2 aromatic rings. The molecule has 2 heterocycles. The van der Waals surface area contributed by atoms with Gasteiger partial charge in [0, 0.05) is 25.1 Å². The van der Waals surface area contributed by atoms with Gasteiger partial charge in [-0.05, 0) is 31.0 Å². The Hall–Kier alpha value is -1.97. The Morgan fingerprint density at radius 2 is 1.93 bits per heavy atom. The zero-order valence-corrected chi connectivity index (χ0v) is 18.3. The lowest BCUT2D eigenvalue weighted by Crippen LogP contribution is -2.37. The van der Waals surface area contributed by atoms with E-state index in [9.17, 15) is 0 Å². The Morgan fingerprint density at radius 1 is 1.11 bits per heavy atom. The monoisotopic (exact) mass is 486 g/mol. The van der Waals surface area contributed by atoms with Gasteiger partial charge in [-0.2, -0.15) is 0 Å². The zero-order chi connectivity index (χ0) is 18.4. The van der Waals surface area contributed by atoms with Gasteiger partial charge < -0.3 is 24.6 Å². The molecule has 0 amide bonds. The van der Waals surface area contributed by atoms with Gasteiger partial charge in [0.2, 0.25) is 6.79 Å². The molecule has 1 aliphatic rings. The van der Waals surface area contributed by atoms with Gasteiger partial charge in [-0.25, -0.2) is 4.99 Å². The summed E-state index contributed by atoms with van der Waals surface area (Å²) < 4.78 is 16.2. The molecule has 0 saturated carbocycles. The Kier molecular flexibility index (Phi) is 8.21. The molecule has 3 rings (SSSR count). The van der Waals surface area contributed by atoms with Crippen molar-refractivity contribution >= 4 is 29.9 Å². The second-order valence-electron chi connectivity index (χ2n) is 5.97. The summed E-state index contributed by atoms with van der Waals surface area (Å²) >= 11 is 0. The Bertz CT molecular complexity index is 755. The standard InChI is InChI=1S/C19H26N4O3.HI/c1-4-15-14(16(5-2)26-23-15)11-22-19(20-6-3)21-10-13-7-8-17-18(9-13)25-12-24-17;/h7-9H,4-6,10-12H2,1-3H3,(H2,20,21,22);1H. The van der Waals surface area contributed by atoms with Crippen LogP contribution in [0, 0.1) is 0 Å². The summed E-state index contributed by atoms with van der Waals surface area (Å²) in [4.78, 5) is 4.67. The minimum atomic E-state index is 0. The van der Waals surface area contributed by atoms with Gasteiger partial charge in [-0.3, -0.25) is 0 Å². The van der Waals surface area contributed by atoms with Crippen LogP contribution in [0.2, 0.25) is 0 Å². The quantitative estimate of drug-likeness (QED) is 0.355. The molecule has 0 aliphatic carbocycles. The molecular formula is C19H27IN4O3. The number of nitrogens with one attached hydrogen (secondary N) is 2. The molecule has 2 N–H and O–H groups in total. The maximum Gasteiger partial charge on any atom is 0.231 e. The summed E-state index contributed by atoms with van der Waals surface area (Å²) in [6.07, 6.45) is 1.68. The van der Waals surface area contributed by atoms with E-state index in [4.69, 9.17) is 14.0 Å². The second kappa shape index (κ2) is 10.4. The number of aromatic nitrogens is 1. The van der Waals surface area contributed by atoms with Crippen LogP contribution in [0.3, 0.4) is 0 Å². The van der Waals surface area contributed by atoms with Crippen LogP contribution in [-0.4, -0.2) is 24.5 Å². The first-order chi connectivity index (χ1) is 12.7. The first-order valence-electron chi connectivity index (χ1n) is 9.12. The van der Waals surface area contributed by atoms with Crippen LogP contribution in [0.1, 0.15) is 43.4 Å². The highest BCUT2D eigenvalue weighted by Gasteiger charge is 2.14. The first-order valence-corrected chi connectivity index (χ1v) is 9.12. The molecule has 0 radical (unpaired) electrons. The van der Waals surface area contributed by atoms with E-state index in [0.29, 0.717) is 13.1 Å². The molecule has 1 aliphatic heterocycles. The minimum absolute atomic E-state index is 0. The van der Waals surface area contributed by atoms with Crippen molar-refractivity contribution in [2.45, 2.75) is 46.7 Å².